The van der Waals surface area contributed by atoms with Crippen LogP contribution in [0.2, 0.25) is 5.02 Å². The lowest BCUT2D eigenvalue weighted by molar-refractivity contribution is 0.415. The number of aromatic nitrogens is 1. The number of pyridine rings is 1. The van der Waals surface area contributed by atoms with Gasteiger partial charge in [0.1, 0.15) is 5.75 Å². The molecule has 2 aromatic rings. The van der Waals surface area contributed by atoms with Gasteiger partial charge in [-0.3, -0.25) is 10.6 Å². The van der Waals surface area contributed by atoms with Crippen molar-refractivity contribution < 1.29 is 13.2 Å². The molecule has 1 aromatic heterocycles. The molecule has 7 nitrogen and oxygen atoms in total. The number of anilines is 2. The van der Waals surface area contributed by atoms with Crippen LogP contribution in [0.4, 0.5) is 11.4 Å². The lowest BCUT2D eigenvalue weighted by atomic mass is 10.3. The van der Waals surface area contributed by atoms with Crippen LogP contribution in [0.1, 0.15) is 0 Å². The first kappa shape index (κ1) is 15.4. The highest BCUT2D eigenvalue weighted by molar-refractivity contribution is 7.92. The van der Waals surface area contributed by atoms with Crippen LogP contribution in [0.5, 0.6) is 5.75 Å². The first-order chi connectivity index (χ1) is 9.97. The molecule has 0 aliphatic rings. The van der Waals surface area contributed by atoms with Gasteiger partial charge in [0.15, 0.2) is 0 Å². The van der Waals surface area contributed by atoms with Gasteiger partial charge < -0.3 is 10.2 Å². The number of nitrogens with one attached hydrogen (secondary N) is 2. The minimum atomic E-state index is -3.95. The first-order valence-electron chi connectivity index (χ1n) is 5.76. The summed E-state index contributed by atoms with van der Waals surface area (Å²) in [7, 11) is -2.48. The molecule has 0 radical (unpaired) electrons. The van der Waals surface area contributed by atoms with Crippen LogP contribution in [0.3, 0.4) is 0 Å². The summed E-state index contributed by atoms with van der Waals surface area (Å²) >= 11 is 5.98. The molecule has 0 fully saturated rings. The van der Waals surface area contributed by atoms with E-state index in [0.717, 1.165) is 0 Å². The van der Waals surface area contributed by atoms with Crippen LogP contribution in [-0.4, -0.2) is 20.5 Å². The van der Waals surface area contributed by atoms with Crippen LogP contribution >= 0.6 is 11.6 Å². The molecular weight excluding hydrogens is 316 g/mol. The maximum absolute atomic E-state index is 12.4. The van der Waals surface area contributed by atoms with Crippen molar-refractivity contribution in [3.05, 3.63) is 41.6 Å². The number of hydrogen-bond donors (Lipinski definition) is 3. The van der Waals surface area contributed by atoms with Crippen molar-refractivity contribution in [3.8, 4) is 5.75 Å². The van der Waals surface area contributed by atoms with E-state index in [1.54, 1.807) is 12.1 Å². The summed E-state index contributed by atoms with van der Waals surface area (Å²) in [6.45, 7) is 0. The number of nitrogens with zero attached hydrogens (tertiary/aromatic N) is 1. The Labute approximate surface area is 127 Å². The molecule has 9 heteroatoms. The minimum absolute atomic E-state index is 0.170. The molecule has 0 saturated heterocycles. The third-order valence-corrected chi connectivity index (χ3v) is 4.25. The fourth-order valence-electron chi connectivity index (χ4n) is 1.62. The number of hydrazine groups is 1. The predicted octanol–water partition coefficient (Wildman–Crippen LogP) is 1.83. The highest BCUT2D eigenvalue weighted by Gasteiger charge is 2.21. The topological polar surface area (TPSA) is 106 Å². The molecule has 0 aliphatic carbocycles. The molecule has 0 saturated carbocycles. The lowest BCUT2D eigenvalue weighted by Crippen LogP contribution is -2.19. The second-order valence-electron chi connectivity index (χ2n) is 3.95. The van der Waals surface area contributed by atoms with Gasteiger partial charge in [0.2, 0.25) is 5.03 Å². The number of hydrogen-bond acceptors (Lipinski definition) is 6. The number of rotatable bonds is 5. The monoisotopic (exact) mass is 328 g/mol. The maximum atomic E-state index is 12.4. The average molecular weight is 329 g/mol. The molecule has 112 valence electrons. The Morgan fingerprint density at radius 1 is 1.29 bits per heavy atom. The van der Waals surface area contributed by atoms with Gasteiger partial charge in [-0.15, -0.1) is 0 Å². The molecule has 1 aromatic carbocycles. The number of ether oxygens (including phenoxy) is 1. The summed E-state index contributed by atoms with van der Waals surface area (Å²) < 4.78 is 32.1. The molecule has 0 bridgehead atoms. The van der Waals surface area contributed by atoms with Gasteiger partial charge in [-0.2, -0.15) is 8.42 Å². The Kier molecular flexibility index (Phi) is 4.51. The number of halogens is 1. The summed E-state index contributed by atoms with van der Waals surface area (Å²) in [5.74, 6) is 5.76. The third-order valence-electron chi connectivity index (χ3n) is 2.60. The molecule has 0 amide bonds. The van der Waals surface area contributed by atoms with Crippen molar-refractivity contribution >= 4 is 33.0 Å². The highest BCUT2D eigenvalue weighted by Crippen LogP contribution is 2.29. The van der Waals surface area contributed by atoms with Crippen LogP contribution in [0.25, 0.3) is 0 Å². The average Bonchev–Trinajstić information content (AvgIpc) is 2.49. The number of benzene rings is 1. The van der Waals surface area contributed by atoms with Crippen molar-refractivity contribution in [1.29, 1.82) is 0 Å². The highest BCUT2D eigenvalue weighted by atomic mass is 35.5. The van der Waals surface area contributed by atoms with Crippen LogP contribution < -0.4 is 20.7 Å². The normalized spacial score (nSPS) is 11.0. The van der Waals surface area contributed by atoms with E-state index in [1.165, 1.54) is 31.5 Å². The van der Waals surface area contributed by atoms with Crippen LogP contribution in [-0.2, 0) is 10.0 Å². The van der Waals surface area contributed by atoms with Crippen molar-refractivity contribution in [2.45, 2.75) is 5.03 Å². The Balaban J connectivity index is 2.42. The zero-order chi connectivity index (χ0) is 15.5. The largest absolute Gasteiger partial charge is 0.497 e. The quantitative estimate of drug-likeness (QED) is 0.571. The maximum Gasteiger partial charge on any atom is 0.281 e. The van der Waals surface area contributed by atoms with Gasteiger partial charge in [-0.1, -0.05) is 11.6 Å². The van der Waals surface area contributed by atoms with Crippen molar-refractivity contribution in [2.24, 2.45) is 5.84 Å². The van der Waals surface area contributed by atoms with E-state index in [-0.39, 0.29) is 21.4 Å². The number of nitrogens with two attached hydrogens (primary N) is 1. The summed E-state index contributed by atoms with van der Waals surface area (Å²) in [5.41, 5.74) is 2.64. The fourth-order valence-corrected chi connectivity index (χ4v) is 3.01. The van der Waals surface area contributed by atoms with Gasteiger partial charge >= 0.3 is 0 Å². The van der Waals surface area contributed by atoms with E-state index in [0.29, 0.717) is 5.75 Å². The summed E-state index contributed by atoms with van der Waals surface area (Å²) in [4.78, 5) is 3.82. The molecule has 0 atom stereocenters. The molecule has 0 unspecified atom stereocenters. The van der Waals surface area contributed by atoms with Crippen LogP contribution in [0.15, 0.2) is 41.6 Å². The molecule has 2 rings (SSSR count). The second kappa shape index (κ2) is 6.17. The standard InChI is InChI=1S/C12H13ClN4O3S/c1-20-8-4-5-9(13)11(7-8)17-21(18,19)12-10(16-14)3-2-6-15-12/h2-7,16-17H,14H2,1H3. The van der Waals surface area contributed by atoms with E-state index < -0.39 is 10.0 Å². The smallest absolute Gasteiger partial charge is 0.281 e. The van der Waals surface area contributed by atoms with E-state index in [9.17, 15) is 8.42 Å². The van der Waals surface area contributed by atoms with E-state index in [4.69, 9.17) is 22.2 Å². The van der Waals surface area contributed by atoms with Gasteiger partial charge in [0, 0.05) is 12.3 Å². The molecular formula is C12H13ClN4O3S. The van der Waals surface area contributed by atoms with E-state index in [1.807, 2.05) is 0 Å². The predicted molar refractivity (Wildman–Crippen MR) is 80.9 cm³/mol. The summed E-state index contributed by atoms with van der Waals surface area (Å²) in [6, 6.07) is 7.67. The Morgan fingerprint density at radius 3 is 2.71 bits per heavy atom. The second-order valence-corrected chi connectivity index (χ2v) is 5.96. The van der Waals surface area contributed by atoms with Crippen molar-refractivity contribution in [2.75, 3.05) is 17.3 Å². The third kappa shape index (κ3) is 3.35. The molecule has 0 spiro atoms. The molecule has 1 heterocycles. The van der Waals surface area contributed by atoms with Gasteiger partial charge in [-0.25, -0.2) is 4.98 Å². The van der Waals surface area contributed by atoms with E-state index >= 15 is 0 Å². The molecule has 4 N–H and O–H groups in total. The minimum Gasteiger partial charge on any atom is -0.497 e. The van der Waals surface area contributed by atoms with Gasteiger partial charge in [-0.05, 0) is 24.3 Å². The SMILES string of the molecule is COc1ccc(Cl)c(NS(=O)(=O)c2ncccc2NN)c1. The summed E-state index contributed by atoms with van der Waals surface area (Å²) in [5, 5.41) is 0.00366. The van der Waals surface area contributed by atoms with Crippen LogP contribution in [0, 0.1) is 0 Å². The lowest BCUT2D eigenvalue weighted by Gasteiger charge is -2.12. The van der Waals surface area contributed by atoms with Crippen molar-refractivity contribution in [3.63, 3.8) is 0 Å². The Hall–Kier alpha value is -2.03. The zero-order valence-electron chi connectivity index (χ0n) is 11.0. The van der Waals surface area contributed by atoms with Gasteiger partial charge in [0.25, 0.3) is 10.0 Å². The van der Waals surface area contributed by atoms with E-state index in [2.05, 4.69) is 15.1 Å². The first-order valence-corrected chi connectivity index (χ1v) is 7.62. The molecule has 21 heavy (non-hydrogen) atoms. The van der Waals surface area contributed by atoms with Crippen molar-refractivity contribution in [1.82, 2.24) is 4.98 Å². The molecule has 0 aliphatic heterocycles. The number of methoxy groups -OCH3 is 1. The zero-order valence-corrected chi connectivity index (χ0v) is 12.6. The summed E-state index contributed by atoms with van der Waals surface area (Å²) in [6.07, 6.45) is 1.35. The number of sulfonamides is 1. The van der Waals surface area contributed by atoms with Gasteiger partial charge in [0.05, 0.1) is 23.5 Å². The Bertz CT molecular complexity index is 752. The Morgan fingerprint density at radius 2 is 2.05 bits per heavy atom. The fraction of sp³-hybridized carbons (Fsp3) is 0.0833. The number of nitrogen functional groups attached to an aromatic ring is 1.